The molecule has 43 heavy (non-hydrogen) atoms. The van der Waals surface area contributed by atoms with E-state index >= 15 is 0 Å². The zero-order chi connectivity index (χ0) is 31.5. The highest BCUT2D eigenvalue weighted by molar-refractivity contribution is 5.95. The van der Waals surface area contributed by atoms with E-state index in [0.717, 1.165) is 37.4 Å². The standard InChI is InChI=1S/C28H24F7N3O5/c1-41-22-17(16(24(36)39)8-9-19(22)43-15-6-7-15)11-26(40,28(33,34)35)20-10-18-23(42-12-25(18,37)27(30,31)32)21(38-20)13-2-4-14(29)5-3-13/h2-5,8-10,15,40H,6-7,11-12,37H2,1H3,(H2,36,39)/t25-,26-/m1/s1. The van der Waals surface area contributed by atoms with Crippen LogP contribution in [0.5, 0.6) is 17.2 Å². The summed E-state index contributed by atoms with van der Waals surface area (Å²) in [7, 11) is 1.10. The van der Waals surface area contributed by atoms with Crippen molar-refractivity contribution in [2.24, 2.45) is 11.5 Å². The van der Waals surface area contributed by atoms with Crippen molar-refractivity contribution in [3.63, 3.8) is 0 Å². The van der Waals surface area contributed by atoms with E-state index < -0.39 is 82.1 Å². The highest BCUT2D eigenvalue weighted by atomic mass is 19.4. The van der Waals surface area contributed by atoms with Crippen LogP contribution in [0.3, 0.4) is 0 Å². The molecule has 1 saturated carbocycles. The summed E-state index contributed by atoms with van der Waals surface area (Å²) in [6.07, 6.45) is -11.2. The number of nitrogens with two attached hydrogens (primary N) is 2. The maximum Gasteiger partial charge on any atom is 0.423 e. The fraction of sp³-hybridized carbons (Fsp3) is 0.357. The van der Waals surface area contributed by atoms with Gasteiger partial charge in [0.05, 0.1) is 18.9 Å². The molecule has 0 bridgehead atoms. The molecule has 1 aliphatic heterocycles. The average Bonchev–Trinajstić information content (AvgIpc) is 3.67. The Bertz CT molecular complexity index is 1570. The lowest BCUT2D eigenvalue weighted by Crippen LogP contribution is -2.52. The van der Waals surface area contributed by atoms with Crippen molar-refractivity contribution < 1.29 is 54.8 Å². The molecule has 5 N–H and O–H groups in total. The number of ether oxygens (including phenoxy) is 3. The van der Waals surface area contributed by atoms with Gasteiger partial charge in [-0.1, -0.05) is 0 Å². The van der Waals surface area contributed by atoms with Crippen LogP contribution >= 0.6 is 0 Å². The van der Waals surface area contributed by atoms with Crippen LogP contribution in [0.15, 0.2) is 42.5 Å². The first kappa shape index (κ1) is 30.4. The van der Waals surface area contributed by atoms with E-state index in [1.807, 2.05) is 0 Å². The largest absolute Gasteiger partial charge is 0.493 e. The molecule has 0 radical (unpaired) electrons. The number of benzene rings is 2. The SMILES string of the molecule is COc1c(OC2CC2)ccc(C(N)=O)c1C[C@@](O)(c1cc2c(c(-c3ccc(F)cc3)n1)OC[C@]2(N)C(F)(F)F)C(F)(F)F. The predicted octanol–water partition coefficient (Wildman–Crippen LogP) is 4.64. The summed E-state index contributed by atoms with van der Waals surface area (Å²) in [5.41, 5.74) is -0.102. The van der Waals surface area contributed by atoms with E-state index in [1.165, 1.54) is 6.07 Å². The molecule has 5 rings (SSSR count). The van der Waals surface area contributed by atoms with E-state index in [9.17, 15) is 40.6 Å². The predicted molar refractivity (Wildman–Crippen MR) is 136 cm³/mol. The number of primary amides is 1. The molecule has 1 aromatic heterocycles. The third-order valence-corrected chi connectivity index (χ3v) is 7.36. The molecule has 15 heteroatoms. The Morgan fingerprint density at radius 3 is 2.30 bits per heavy atom. The molecule has 2 aromatic carbocycles. The number of carbonyl (C=O) groups excluding carboxylic acids is 1. The Balaban J connectivity index is 1.77. The highest BCUT2D eigenvalue weighted by Gasteiger charge is 2.61. The minimum atomic E-state index is -5.60. The number of methoxy groups -OCH3 is 1. The molecule has 2 aliphatic rings. The van der Waals surface area contributed by atoms with Crippen molar-refractivity contribution in [2.45, 2.75) is 48.9 Å². The molecule has 1 fully saturated rings. The number of aliphatic hydroxyl groups is 1. The summed E-state index contributed by atoms with van der Waals surface area (Å²) in [6, 6.07) is 6.70. The molecule has 2 atom stereocenters. The van der Waals surface area contributed by atoms with Crippen molar-refractivity contribution in [3.8, 4) is 28.5 Å². The number of aromatic nitrogens is 1. The quantitative estimate of drug-likeness (QED) is 0.315. The summed E-state index contributed by atoms with van der Waals surface area (Å²) < 4.78 is 117. The number of fused-ring (bicyclic) bond motifs is 1. The Labute approximate surface area is 239 Å². The van der Waals surface area contributed by atoms with E-state index in [-0.39, 0.29) is 23.2 Å². The normalized spacial score (nSPS) is 19.8. The van der Waals surface area contributed by atoms with Crippen LogP contribution in [0.4, 0.5) is 30.7 Å². The number of amides is 1. The smallest absolute Gasteiger partial charge is 0.423 e. The zero-order valence-electron chi connectivity index (χ0n) is 22.3. The summed E-state index contributed by atoms with van der Waals surface area (Å²) >= 11 is 0. The Kier molecular flexibility index (Phi) is 7.24. The van der Waals surface area contributed by atoms with Gasteiger partial charge in [0.1, 0.15) is 18.1 Å². The van der Waals surface area contributed by atoms with Crippen LogP contribution in [0.1, 0.15) is 40.0 Å². The van der Waals surface area contributed by atoms with E-state index in [1.54, 1.807) is 0 Å². The number of carbonyl (C=O) groups is 1. The van der Waals surface area contributed by atoms with Gasteiger partial charge in [-0.15, -0.1) is 0 Å². The summed E-state index contributed by atoms with van der Waals surface area (Å²) in [5.74, 6) is -2.87. The van der Waals surface area contributed by atoms with Crippen LogP contribution in [-0.4, -0.2) is 48.2 Å². The minimum absolute atomic E-state index is 0.0325. The lowest BCUT2D eigenvalue weighted by Gasteiger charge is -2.33. The minimum Gasteiger partial charge on any atom is -0.493 e. The van der Waals surface area contributed by atoms with Crippen LogP contribution in [-0.2, 0) is 17.6 Å². The van der Waals surface area contributed by atoms with Crippen LogP contribution < -0.4 is 25.7 Å². The fourth-order valence-electron chi connectivity index (χ4n) is 4.81. The van der Waals surface area contributed by atoms with Crippen molar-refractivity contribution in [1.29, 1.82) is 0 Å². The lowest BCUT2D eigenvalue weighted by molar-refractivity contribution is -0.267. The number of halogens is 7. The second-order valence-corrected chi connectivity index (χ2v) is 10.3. The first-order valence-corrected chi connectivity index (χ1v) is 12.8. The van der Waals surface area contributed by atoms with Crippen molar-refractivity contribution >= 4 is 5.91 Å². The summed E-state index contributed by atoms with van der Waals surface area (Å²) in [5, 5.41) is 11.4. The Morgan fingerprint density at radius 1 is 1.12 bits per heavy atom. The average molecular weight is 616 g/mol. The van der Waals surface area contributed by atoms with Crippen molar-refractivity contribution in [1.82, 2.24) is 4.98 Å². The summed E-state index contributed by atoms with van der Waals surface area (Å²) in [6.45, 7) is -1.20. The lowest BCUT2D eigenvalue weighted by atomic mass is 9.83. The number of alkyl halides is 6. The van der Waals surface area contributed by atoms with Gasteiger partial charge in [-0.2, -0.15) is 26.3 Å². The molecular weight excluding hydrogens is 591 g/mol. The summed E-state index contributed by atoms with van der Waals surface area (Å²) in [4.78, 5) is 16.2. The first-order valence-electron chi connectivity index (χ1n) is 12.8. The molecule has 1 amide bonds. The molecule has 230 valence electrons. The topological polar surface area (TPSA) is 130 Å². The molecule has 0 saturated heterocycles. The second kappa shape index (κ2) is 10.3. The zero-order valence-corrected chi connectivity index (χ0v) is 22.3. The number of pyridine rings is 1. The van der Waals surface area contributed by atoms with E-state index in [4.69, 9.17) is 25.7 Å². The van der Waals surface area contributed by atoms with Gasteiger partial charge in [-0.3, -0.25) is 4.79 Å². The monoisotopic (exact) mass is 615 g/mol. The second-order valence-electron chi connectivity index (χ2n) is 10.3. The number of hydrogen-bond acceptors (Lipinski definition) is 7. The van der Waals surface area contributed by atoms with Gasteiger partial charge in [0, 0.05) is 28.7 Å². The van der Waals surface area contributed by atoms with Crippen LogP contribution in [0, 0.1) is 5.82 Å². The van der Waals surface area contributed by atoms with Gasteiger partial charge in [-0.25, -0.2) is 9.37 Å². The van der Waals surface area contributed by atoms with Gasteiger partial charge in [0.15, 0.2) is 22.8 Å². The highest BCUT2D eigenvalue weighted by Crippen LogP contribution is 2.52. The molecule has 8 nitrogen and oxygen atoms in total. The number of nitrogens with zero attached hydrogens (tertiary/aromatic N) is 1. The van der Waals surface area contributed by atoms with Crippen molar-refractivity contribution in [2.75, 3.05) is 13.7 Å². The third-order valence-electron chi connectivity index (χ3n) is 7.36. The van der Waals surface area contributed by atoms with E-state index in [0.29, 0.717) is 18.9 Å². The molecule has 0 spiro atoms. The Morgan fingerprint density at radius 2 is 1.77 bits per heavy atom. The third kappa shape index (κ3) is 5.20. The van der Waals surface area contributed by atoms with Crippen LogP contribution in [0.25, 0.3) is 11.3 Å². The maximum absolute atomic E-state index is 14.9. The fourth-order valence-corrected chi connectivity index (χ4v) is 4.81. The Hall–Kier alpha value is -4.11. The van der Waals surface area contributed by atoms with Gasteiger partial charge >= 0.3 is 12.4 Å². The van der Waals surface area contributed by atoms with Gasteiger partial charge in [0.2, 0.25) is 11.5 Å². The van der Waals surface area contributed by atoms with Crippen LogP contribution in [0.2, 0.25) is 0 Å². The van der Waals surface area contributed by atoms with Gasteiger partial charge < -0.3 is 30.8 Å². The number of hydrogen-bond donors (Lipinski definition) is 3. The molecule has 3 aromatic rings. The molecule has 0 unspecified atom stereocenters. The maximum atomic E-state index is 14.9. The van der Waals surface area contributed by atoms with Gasteiger partial charge in [0.25, 0.3) is 0 Å². The van der Waals surface area contributed by atoms with Gasteiger partial charge in [-0.05, 0) is 55.3 Å². The first-order chi connectivity index (χ1) is 20.0. The molecule has 1 aliphatic carbocycles. The van der Waals surface area contributed by atoms with E-state index in [2.05, 4.69) is 4.98 Å². The molecule has 2 heterocycles. The van der Waals surface area contributed by atoms with Crippen molar-refractivity contribution in [3.05, 3.63) is 70.7 Å². The number of rotatable bonds is 8. The molecular formula is C28H24F7N3O5.